The van der Waals surface area contributed by atoms with Crippen molar-refractivity contribution in [3.63, 3.8) is 0 Å². The molecule has 1 aromatic rings. The van der Waals surface area contributed by atoms with Gasteiger partial charge >= 0.3 is 0 Å². The van der Waals surface area contributed by atoms with E-state index < -0.39 is 5.92 Å². The minimum Gasteiger partial charge on any atom is -0.326 e. The Labute approximate surface area is 135 Å². The van der Waals surface area contributed by atoms with Gasteiger partial charge in [-0.3, -0.25) is 14.4 Å². The van der Waals surface area contributed by atoms with Gasteiger partial charge in [0.15, 0.2) is 0 Å². The molecule has 0 radical (unpaired) electrons. The Morgan fingerprint density at radius 1 is 1.32 bits per heavy atom. The van der Waals surface area contributed by atoms with Crippen LogP contribution in [0.15, 0.2) is 18.2 Å². The van der Waals surface area contributed by atoms with Crippen LogP contribution in [0.1, 0.15) is 44.1 Å². The number of hydrogen-bond acceptors (Lipinski definition) is 3. The Morgan fingerprint density at radius 3 is 2.73 bits per heavy atom. The highest BCUT2D eigenvalue weighted by molar-refractivity contribution is 6.30. The van der Waals surface area contributed by atoms with Crippen LogP contribution in [0.25, 0.3) is 0 Å². The SMILES string of the molecule is Cc1cc(Cl)ccc1NC(=O)CCCC(=O)[C@H]1CCCC1=O. The summed E-state index contributed by atoms with van der Waals surface area (Å²) in [6.07, 6.45) is 3.05. The van der Waals surface area contributed by atoms with Crippen molar-refractivity contribution in [3.8, 4) is 0 Å². The first kappa shape index (κ1) is 16.7. The third-order valence-corrected chi connectivity index (χ3v) is 4.22. The van der Waals surface area contributed by atoms with E-state index in [1.807, 2.05) is 6.92 Å². The topological polar surface area (TPSA) is 63.2 Å². The first-order valence-corrected chi connectivity index (χ1v) is 7.96. The molecule has 1 N–H and O–H groups in total. The van der Waals surface area contributed by atoms with E-state index >= 15 is 0 Å². The van der Waals surface area contributed by atoms with Crippen molar-refractivity contribution in [2.24, 2.45) is 5.92 Å². The molecule has 1 fully saturated rings. The number of rotatable bonds is 6. The van der Waals surface area contributed by atoms with E-state index in [0.717, 1.165) is 17.7 Å². The van der Waals surface area contributed by atoms with Gasteiger partial charge in [0.25, 0.3) is 0 Å². The van der Waals surface area contributed by atoms with Crippen molar-refractivity contribution in [2.75, 3.05) is 5.32 Å². The number of benzene rings is 1. The number of carbonyl (C=O) groups is 3. The molecule has 0 bridgehead atoms. The van der Waals surface area contributed by atoms with E-state index in [0.29, 0.717) is 30.7 Å². The van der Waals surface area contributed by atoms with Crippen molar-refractivity contribution in [1.29, 1.82) is 0 Å². The number of anilines is 1. The molecular weight excluding hydrogens is 302 g/mol. The average molecular weight is 322 g/mol. The van der Waals surface area contributed by atoms with Crippen LogP contribution in [-0.2, 0) is 14.4 Å². The molecule has 1 aliphatic carbocycles. The third kappa shape index (κ3) is 4.41. The zero-order chi connectivity index (χ0) is 16.1. The van der Waals surface area contributed by atoms with Crippen molar-refractivity contribution >= 4 is 34.8 Å². The summed E-state index contributed by atoms with van der Waals surface area (Å²) in [5, 5.41) is 3.44. The third-order valence-electron chi connectivity index (χ3n) is 3.98. The molecule has 22 heavy (non-hydrogen) atoms. The lowest BCUT2D eigenvalue weighted by atomic mass is 9.97. The average Bonchev–Trinajstić information content (AvgIpc) is 2.88. The molecule has 0 saturated heterocycles. The largest absolute Gasteiger partial charge is 0.326 e. The van der Waals surface area contributed by atoms with Gasteiger partial charge in [-0.2, -0.15) is 0 Å². The fourth-order valence-electron chi connectivity index (χ4n) is 2.73. The molecule has 0 unspecified atom stereocenters. The molecule has 0 aliphatic heterocycles. The first-order valence-electron chi connectivity index (χ1n) is 7.59. The van der Waals surface area contributed by atoms with E-state index in [-0.39, 0.29) is 23.9 Å². The number of carbonyl (C=O) groups excluding carboxylic acids is 3. The number of ketones is 2. The standard InChI is InChI=1S/C17H20ClNO3/c1-11-10-12(18)8-9-14(11)19-17(22)7-3-6-16(21)13-4-2-5-15(13)20/h8-10,13H,2-7H2,1H3,(H,19,22)/t13-/m0/s1. The predicted molar refractivity (Wildman–Crippen MR) is 86.0 cm³/mol. The first-order chi connectivity index (χ1) is 10.5. The van der Waals surface area contributed by atoms with Gasteiger partial charge in [-0.05, 0) is 49.9 Å². The highest BCUT2D eigenvalue weighted by Gasteiger charge is 2.30. The fraction of sp³-hybridized carbons (Fsp3) is 0.471. The zero-order valence-electron chi connectivity index (χ0n) is 12.7. The van der Waals surface area contributed by atoms with Gasteiger partial charge in [-0.1, -0.05) is 11.6 Å². The van der Waals surface area contributed by atoms with Crippen LogP contribution in [0, 0.1) is 12.8 Å². The second kappa shape index (κ2) is 7.54. The maximum atomic E-state index is 11.9. The molecule has 0 spiro atoms. The zero-order valence-corrected chi connectivity index (χ0v) is 13.4. The molecule has 1 atom stereocenters. The number of Topliss-reactive ketones (excluding diaryl/α,β-unsaturated/α-hetero) is 2. The van der Waals surface area contributed by atoms with Crippen LogP contribution >= 0.6 is 11.6 Å². The number of hydrogen-bond donors (Lipinski definition) is 1. The number of halogens is 1. The van der Waals surface area contributed by atoms with Crippen molar-refractivity contribution < 1.29 is 14.4 Å². The summed E-state index contributed by atoms with van der Waals surface area (Å²) < 4.78 is 0. The quantitative estimate of drug-likeness (QED) is 0.813. The summed E-state index contributed by atoms with van der Waals surface area (Å²) in [5.74, 6) is -0.498. The van der Waals surface area contributed by atoms with Crippen molar-refractivity contribution in [3.05, 3.63) is 28.8 Å². The second-order valence-electron chi connectivity index (χ2n) is 5.74. The van der Waals surface area contributed by atoms with Crippen molar-refractivity contribution in [2.45, 2.75) is 45.4 Å². The molecule has 0 aromatic heterocycles. The summed E-state index contributed by atoms with van der Waals surface area (Å²) in [4.78, 5) is 35.3. The van der Waals surface area contributed by atoms with Crippen LogP contribution in [0.4, 0.5) is 5.69 Å². The smallest absolute Gasteiger partial charge is 0.224 e. The molecule has 0 heterocycles. The molecule has 1 aromatic carbocycles. The minimum atomic E-state index is -0.415. The molecule has 118 valence electrons. The van der Waals surface area contributed by atoms with E-state index in [2.05, 4.69) is 5.32 Å². The van der Waals surface area contributed by atoms with Crippen LogP contribution in [0.3, 0.4) is 0 Å². The molecule has 2 rings (SSSR count). The monoisotopic (exact) mass is 321 g/mol. The van der Waals surface area contributed by atoms with Crippen molar-refractivity contribution in [1.82, 2.24) is 0 Å². The van der Waals surface area contributed by atoms with Gasteiger partial charge in [0.2, 0.25) is 5.91 Å². The Morgan fingerprint density at radius 2 is 2.09 bits per heavy atom. The summed E-state index contributed by atoms with van der Waals surface area (Å²) in [6, 6.07) is 5.27. The number of aryl methyl sites for hydroxylation is 1. The van der Waals surface area contributed by atoms with Crippen LogP contribution in [-0.4, -0.2) is 17.5 Å². The Kier molecular flexibility index (Phi) is 5.72. The Hall–Kier alpha value is -1.68. The van der Waals surface area contributed by atoms with Crippen LogP contribution in [0.2, 0.25) is 5.02 Å². The molecule has 1 saturated carbocycles. The summed E-state index contributed by atoms with van der Waals surface area (Å²) in [7, 11) is 0. The maximum absolute atomic E-state index is 11.9. The second-order valence-corrected chi connectivity index (χ2v) is 6.17. The molecular formula is C17H20ClNO3. The summed E-state index contributed by atoms with van der Waals surface area (Å²) >= 11 is 5.87. The summed E-state index contributed by atoms with van der Waals surface area (Å²) in [5.41, 5.74) is 1.63. The minimum absolute atomic E-state index is 0.0158. The highest BCUT2D eigenvalue weighted by Crippen LogP contribution is 2.24. The Bertz CT molecular complexity index is 598. The van der Waals surface area contributed by atoms with Gasteiger partial charge in [-0.15, -0.1) is 0 Å². The molecule has 1 amide bonds. The molecule has 5 heteroatoms. The van der Waals surface area contributed by atoms with Gasteiger partial charge < -0.3 is 5.32 Å². The maximum Gasteiger partial charge on any atom is 0.224 e. The predicted octanol–water partition coefficient (Wildman–Crippen LogP) is 3.70. The Balaban J connectivity index is 1.76. The van der Waals surface area contributed by atoms with Crippen LogP contribution in [0.5, 0.6) is 0 Å². The van der Waals surface area contributed by atoms with Crippen LogP contribution < -0.4 is 5.32 Å². The summed E-state index contributed by atoms with van der Waals surface area (Å²) in [6.45, 7) is 1.87. The highest BCUT2D eigenvalue weighted by atomic mass is 35.5. The van der Waals surface area contributed by atoms with Gasteiger partial charge in [-0.25, -0.2) is 0 Å². The van der Waals surface area contributed by atoms with Gasteiger partial charge in [0, 0.05) is 30.0 Å². The number of amides is 1. The molecule has 1 aliphatic rings. The number of nitrogens with one attached hydrogen (secondary N) is 1. The lowest BCUT2D eigenvalue weighted by Gasteiger charge is -2.09. The fourth-order valence-corrected chi connectivity index (χ4v) is 2.96. The van der Waals surface area contributed by atoms with E-state index in [1.165, 1.54) is 0 Å². The van der Waals surface area contributed by atoms with Gasteiger partial charge in [0.1, 0.15) is 11.6 Å². The normalized spacial score (nSPS) is 17.5. The van der Waals surface area contributed by atoms with E-state index in [9.17, 15) is 14.4 Å². The lowest BCUT2D eigenvalue weighted by molar-refractivity contribution is -0.130. The van der Waals surface area contributed by atoms with E-state index in [4.69, 9.17) is 11.6 Å². The molecule has 4 nitrogen and oxygen atoms in total. The van der Waals surface area contributed by atoms with E-state index in [1.54, 1.807) is 18.2 Å². The van der Waals surface area contributed by atoms with Gasteiger partial charge in [0.05, 0.1) is 5.92 Å². The lowest BCUT2D eigenvalue weighted by Crippen LogP contribution is -2.19.